The smallest absolute Gasteiger partial charge is 0.150 e. The molecule has 0 saturated heterocycles. The molecule has 0 amide bonds. The number of alkyl halides is 1. The van der Waals surface area contributed by atoms with Gasteiger partial charge in [-0.3, -0.25) is 5.43 Å². The van der Waals surface area contributed by atoms with Crippen LogP contribution in [-0.4, -0.2) is 15.1 Å². The number of hydrogen-bond acceptors (Lipinski definition) is 5. The van der Waals surface area contributed by atoms with Crippen molar-refractivity contribution in [1.29, 1.82) is 0 Å². The van der Waals surface area contributed by atoms with Crippen molar-refractivity contribution >= 4 is 28.4 Å². The quantitative estimate of drug-likeness (QED) is 0.307. The molecule has 0 aromatic carbocycles. The first kappa shape index (κ1) is 7.19. The van der Waals surface area contributed by atoms with Gasteiger partial charge in [-0.15, -0.1) is 5.12 Å². The standard InChI is InChI=1S/C5H6IN5/c6-4-3-1-8-2-9-5(3)10-11(4)7/h1-2,4H,7H2,(H,8,9,10). The van der Waals surface area contributed by atoms with E-state index in [0.29, 0.717) is 0 Å². The lowest BCUT2D eigenvalue weighted by molar-refractivity contribution is 0.362. The number of nitrogens with two attached hydrogens (primary N) is 1. The minimum absolute atomic E-state index is 0.115. The first-order valence-electron chi connectivity index (χ1n) is 3.03. The van der Waals surface area contributed by atoms with Crippen molar-refractivity contribution in [1.82, 2.24) is 15.1 Å². The summed E-state index contributed by atoms with van der Waals surface area (Å²) in [6.45, 7) is 0. The predicted octanol–water partition coefficient (Wildman–Crippen LogP) is 0.426. The fourth-order valence-corrected chi connectivity index (χ4v) is 1.53. The number of rotatable bonds is 0. The van der Waals surface area contributed by atoms with Gasteiger partial charge >= 0.3 is 0 Å². The van der Waals surface area contributed by atoms with E-state index in [2.05, 4.69) is 38.0 Å². The maximum Gasteiger partial charge on any atom is 0.150 e. The van der Waals surface area contributed by atoms with E-state index in [-0.39, 0.29) is 4.05 Å². The second kappa shape index (κ2) is 2.54. The molecule has 5 nitrogen and oxygen atoms in total. The van der Waals surface area contributed by atoms with Gasteiger partial charge in [0.05, 0.1) is 0 Å². The highest BCUT2D eigenvalue weighted by atomic mass is 127. The lowest BCUT2D eigenvalue weighted by Crippen LogP contribution is -2.32. The summed E-state index contributed by atoms with van der Waals surface area (Å²) in [4.78, 5) is 7.91. The van der Waals surface area contributed by atoms with Gasteiger partial charge in [0, 0.05) is 11.8 Å². The van der Waals surface area contributed by atoms with Gasteiger partial charge in [-0.05, 0) is 0 Å². The fraction of sp³-hybridized carbons (Fsp3) is 0.200. The average molecular weight is 263 g/mol. The fourth-order valence-electron chi connectivity index (χ4n) is 0.937. The molecular weight excluding hydrogens is 257 g/mol. The summed E-state index contributed by atoms with van der Waals surface area (Å²) in [7, 11) is 0. The van der Waals surface area contributed by atoms with Crippen LogP contribution < -0.4 is 11.3 Å². The largest absolute Gasteiger partial charge is 0.288 e. The number of halogens is 1. The highest BCUT2D eigenvalue weighted by Crippen LogP contribution is 2.34. The van der Waals surface area contributed by atoms with E-state index in [1.54, 1.807) is 6.20 Å². The SMILES string of the molecule is NN1Nc2ncncc2C1I. The van der Waals surface area contributed by atoms with Gasteiger partial charge in [-0.2, -0.15) is 0 Å². The topological polar surface area (TPSA) is 67.1 Å². The van der Waals surface area contributed by atoms with Crippen molar-refractivity contribution < 1.29 is 0 Å². The van der Waals surface area contributed by atoms with Gasteiger partial charge in [0.15, 0.2) is 5.82 Å². The van der Waals surface area contributed by atoms with Crippen LogP contribution in [0, 0.1) is 0 Å². The summed E-state index contributed by atoms with van der Waals surface area (Å²) in [5.74, 6) is 6.37. The van der Waals surface area contributed by atoms with Gasteiger partial charge in [0.1, 0.15) is 10.4 Å². The Kier molecular flexibility index (Phi) is 1.66. The molecule has 0 fully saturated rings. The van der Waals surface area contributed by atoms with Crippen molar-refractivity contribution in [3.63, 3.8) is 0 Å². The number of hydrazine groups is 2. The summed E-state index contributed by atoms with van der Waals surface area (Å²) in [5.41, 5.74) is 3.92. The monoisotopic (exact) mass is 263 g/mol. The molecule has 0 saturated carbocycles. The molecule has 1 aliphatic rings. The van der Waals surface area contributed by atoms with Crippen molar-refractivity contribution in [2.75, 3.05) is 5.43 Å². The predicted molar refractivity (Wildman–Crippen MR) is 48.4 cm³/mol. The zero-order valence-corrected chi connectivity index (χ0v) is 7.69. The Morgan fingerprint density at radius 2 is 2.55 bits per heavy atom. The second-order valence-electron chi connectivity index (χ2n) is 2.18. The van der Waals surface area contributed by atoms with Crippen LogP contribution in [0.15, 0.2) is 12.5 Å². The molecule has 2 heterocycles. The molecule has 11 heavy (non-hydrogen) atoms. The third-order valence-corrected chi connectivity index (χ3v) is 2.75. The zero-order chi connectivity index (χ0) is 7.84. The lowest BCUT2D eigenvalue weighted by atomic mass is 10.3. The first-order valence-corrected chi connectivity index (χ1v) is 4.28. The summed E-state index contributed by atoms with van der Waals surface area (Å²) < 4.78 is 0.115. The van der Waals surface area contributed by atoms with Gasteiger partial charge in [-0.1, -0.05) is 22.6 Å². The highest BCUT2D eigenvalue weighted by molar-refractivity contribution is 14.1. The molecule has 58 valence electrons. The molecule has 1 aromatic rings. The Morgan fingerprint density at radius 1 is 1.73 bits per heavy atom. The van der Waals surface area contributed by atoms with Gasteiger partial charge in [-0.25, -0.2) is 15.8 Å². The van der Waals surface area contributed by atoms with Crippen molar-refractivity contribution in [3.05, 3.63) is 18.1 Å². The summed E-state index contributed by atoms with van der Waals surface area (Å²) in [6.07, 6.45) is 3.26. The summed E-state index contributed by atoms with van der Waals surface area (Å²) in [5, 5.41) is 1.50. The first-order chi connectivity index (χ1) is 5.29. The molecule has 1 aliphatic heterocycles. The van der Waals surface area contributed by atoms with E-state index >= 15 is 0 Å². The lowest BCUT2D eigenvalue weighted by Gasteiger charge is -2.11. The van der Waals surface area contributed by atoms with Crippen molar-refractivity contribution in [2.45, 2.75) is 4.05 Å². The number of nitrogens with zero attached hydrogens (tertiary/aromatic N) is 3. The molecule has 0 spiro atoms. The van der Waals surface area contributed by atoms with E-state index in [9.17, 15) is 0 Å². The van der Waals surface area contributed by atoms with Crippen LogP contribution in [0.4, 0.5) is 5.82 Å². The van der Waals surface area contributed by atoms with E-state index < -0.39 is 0 Å². The van der Waals surface area contributed by atoms with Gasteiger partial charge in [0.2, 0.25) is 0 Å². The zero-order valence-electron chi connectivity index (χ0n) is 5.53. The molecule has 0 bridgehead atoms. The highest BCUT2D eigenvalue weighted by Gasteiger charge is 2.26. The van der Waals surface area contributed by atoms with Gasteiger partial charge in [0.25, 0.3) is 0 Å². The Hall–Kier alpha value is -0.470. The maximum atomic E-state index is 5.58. The van der Waals surface area contributed by atoms with Crippen LogP contribution >= 0.6 is 22.6 Å². The molecule has 0 aliphatic carbocycles. The van der Waals surface area contributed by atoms with Crippen LogP contribution in [0.1, 0.15) is 9.61 Å². The van der Waals surface area contributed by atoms with Crippen LogP contribution in [0.3, 0.4) is 0 Å². The molecule has 1 aromatic heterocycles. The Balaban J connectivity index is 2.47. The number of fused-ring (bicyclic) bond motifs is 1. The molecular formula is C5H6IN5. The third kappa shape index (κ3) is 1.06. The van der Waals surface area contributed by atoms with E-state index in [0.717, 1.165) is 11.4 Å². The van der Waals surface area contributed by atoms with Crippen molar-refractivity contribution in [3.8, 4) is 0 Å². The Bertz CT molecular complexity index is 277. The van der Waals surface area contributed by atoms with Crippen LogP contribution in [0.2, 0.25) is 0 Å². The molecule has 1 unspecified atom stereocenters. The third-order valence-electron chi connectivity index (χ3n) is 1.48. The molecule has 3 N–H and O–H groups in total. The minimum Gasteiger partial charge on any atom is -0.288 e. The number of hydrogen-bond donors (Lipinski definition) is 2. The van der Waals surface area contributed by atoms with E-state index in [1.807, 2.05) is 0 Å². The number of aromatic nitrogens is 2. The van der Waals surface area contributed by atoms with Crippen LogP contribution in [-0.2, 0) is 0 Å². The van der Waals surface area contributed by atoms with Crippen LogP contribution in [0.25, 0.3) is 0 Å². The normalized spacial score (nSPS) is 22.9. The molecule has 0 radical (unpaired) electrons. The van der Waals surface area contributed by atoms with Crippen molar-refractivity contribution in [2.24, 2.45) is 5.84 Å². The van der Waals surface area contributed by atoms with E-state index in [4.69, 9.17) is 5.84 Å². The molecule has 1 atom stereocenters. The Labute approximate surface area is 77.1 Å². The second-order valence-corrected chi connectivity index (χ2v) is 3.36. The minimum atomic E-state index is 0.115. The Morgan fingerprint density at radius 3 is 3.27 bits per heavy atom. The van der Waals surface area contributed by atoms with Gasteiger partial charge < -0.3 is 0 Å². The number of nitrogens with one attached hydrogen (secondary N) is 1. The summed E-state index contributed by atoms with van der Waals surface area (Å²) >= 11 is 2.21. The summed E-state index contributed by atoms with van der Waals surface area (Å²) in [6, 6.07) is 0. The van der Waals surface area contributed by atoms with E-state index in [1.165, 1.54) is 11.4 Å². The molecule has 2 rings (SSSR count). The molecule has 6 heteroatoms. The number of anilines is 1. The average Bonchev–Trinajstić information content (AvgIpc) is 2.30. The van der Waals surface area contributed by atoms with Crippen LogP contribution in [0.5, 0.6) is 0 Å². The maximum absolute atomic E-state index is 5.58.